The number of pyridine rings is 2. The lowest BCUT2D eigenvalue weighted by atomic mass is 10.0. The molecule has 0 N–H and O–H groups in total. The van der Waals surface area contributed by atoms with Crippen LogP contribution in [0.25, 0.3) is 16.5 Å². The van der Waals surface area contributed by atoms with Crippen molar-refractivity contribution in [2.24, 2.45) is 0 Å². The predicted molar refractivity (Wildman–Crippen MR) is 94.7 cm³/mol. The lowest BCUT2D eigenvalue weighted by molar-refractivity contribution is 0.0601. The molecule has 0 saturated heterocycles. The highest BCUT2D eigenvalue weighted by molar-refractivity contribution is 6.05. The number of esters is 1. The molecular weight excluding hydrogens is 320 g/mol. The number of carbonyl (C=O) groups excluding carboxylic acids is 1. The summed E-state index contributed by atoms with van der Waals surface area (Å²) >= 11 is 0. The van der Waals surface area contributed by atoms with Crippen LogP contribution in [0.2, 0.25) is 0 Å². The number of ether oxygens (including phenoxy) is 2. The van der Waals surface area contributed by atoms with Crippen LogP contribution < -0.4 is 10.3 Å². The summed E-state index contributed by atoms with van der Waals surface area (Å²) in [5.41, 5.74) is 1.85. The molecule has 3 rings (SSSR count). The quantitative estimate of drug-likeness (QED) is 0.687. The number of benzene rings is 1. The minimum absolute atomic E-state index is 0.249. The van der Waals surface area contributed by atoms with Gasteiger partial charge in [0.15, 0.2) is 0 Å². The highest BCUT2D eigenvalue weighted by atomic mass is 16.5. The van der Waals surface area contributed by atoms with Gasteiger partial charge in [-0.3, -0.25) is 14.3 Å². The van der Waals surface area contributed by atoms with E-state index in [-0.39, 0.29) is 5.56 Å². The van der Waals surface area contributed by atoms with Crippen LogP contribution >= 0.6 is 0 Å². The van der Waals surface area contributed by atoms with Crippen LogP contribution in [-0.2, 0) is 4.74 Å². The zero-order valence-electron chi connectivity index (χ0n) is 14.5. The molecule has 0 saturated carbocycles. The maximum Gasteiger partial charge on any atom is 0.340 e. The molecule has 0 fully saturated rings. The normalized spacial score (nSPS) is 10.7. The Morgan fingerprint density at radius 3 is 2.56 bits per heavy atom. The third-order valence-electron chi connectivity index (χ3n) is 4.14. The molecule has 6 heteroatoms. The Kier molecular flexibility index (Phi) is 4.27. The van der Waals surface area contributed by atoms with E-state index in [0.29, 0.717) is 39.2 Å². The second kappa shape index (κ2) is 6.39. The van der Waals surface area contributed by atoms with Crippen molar-refractivity contribution in [2.45, 2.75) is 13.8 Å². The van der Waals surface area contributed by atoms with Crippen molar-refractivity contribution in [1.29, 1.82) is 0 Å². The van der Waals surface area contributed by atoms with Crippen molar-refractivity contribution >= 4 is 16.7 Å². The van der Waals surface area contributed by atoms with Gasteiger partial charge >= 0.3 is 5.97 Å². The predicted octanol–water partition coefficient (Wildman–Crippen LogP) is 2.80. The number of hydrogen-bond acceptors (Lipinski definition) is 5. The van der Waals surface area contributed by atoms with Crippen LogP contribution in [0.3, 0.4) is 0 Å². The molecule has 0 unspecified atom stereocenters. The third kappa shape index (κ3) is 2.76. The highest BCUT2D eigenvalue weighted by Crippen LogP contribution is 2.23. The number of aryl methyl sites for hydroxylation is 2. The zero-order chi connectivity index (χ0) is 18.1. The van der Waals surface area contributed by atoms with E-state index in [4.69, 9.17) is 9.47 Å². The smallest absolute Gasteiger partial charge is 0.340 e. The summed E-state index contributed by atoms with van der Waals surface area (Å²) in [7, 11) is 2.88. The fourth-order valence-corrected chi connectivity index (χ4v) is 2.98. The van der Waals surface area contributed by atoms with Crippen LogP contribution in [0.4, 0.5) is 0 Å². The summed E-state index contributed by atoms with van der Waals surface area (Å²) in [4.78, 5) is 29.5. The van der Waals surface area contributed by atoms with Crippen LogP contribution in [0, 0.1) is 13.8 Å². The molecule has 0 amide bonds. The molecular formula is C19H18N2O4. The Morgan fingerprint density at radius 1 is 1.12 bits per heavy atom. The molecule has 0 aliphatic rings. The van der Waals surface area contributed by atoms with E-state index >= 15 is 0 Å². The summed E-state index contributed by atoms with van der Waals surface area (Å²) in [6.07, 6.45) is 1.64. The minimum Gasteiger partial charge on any atom is -0.497 e. The van der Waals surface area contributed by atoms with E-state index in [1.165, 1.54) is 11.7 Å². The van der Waals surface area contributed by atoms with E-state index in [0.717, 1.165) is 0 Å². The van der Waals surface area contributed by atoms with Gasteiger partial charge in [0.2, 0.25) is 0 Å². The molecule has 1 aromatic carbocycles. The molecule has 0 atom stereocenters. The maximum atomic E-state index is 13.1. The molecule has 0 spiro atoms. The number of carbonyl (C=O) groups is 1. The van der Waals surface area contributed by atoms with Gasteiger partial charge < -0.3 is 9.47 Å². The summed E-state index contributed by atoms with van der Waals surface area (Å²) in [6.45, 7) is 3.49. The van der Waals surface area contributed by atoms with Crippen LogP contribution in [0.15, 0.2) is 41.3 Å². The van der Waals surface area contributed by atoms with Crippen LogP contribution in [0.5, 0.6) is 5.75 Å². The van der Waals surface area contributed by atoms with Gasteiger partial charge in [-0.15, -0.1) is 0 Å². The first kappa shape index (κ1) is 16.7. The van der Waals surface area contributed by atoms with Gasteiger partial charge in [0.25, 0.3) is 5.56 Å². The lowest BCUT2D eigenvalue weighted by Crippen LogP contribution is -2.20. The first-order chi connectivity index (χ1) is 12.0. The Balaban J connectivity index is 2.35. The fourth-order valence-electron chi connectivity index (χ4n) is 2.98. The number of hydrogen-bond donors (Lipinski definition) is 0. The molecule has 6 nitrogen and oxygen atoms in total. The Labute approximate surface area is 144 Å². The summed E-state index contributed by atoms with van der Waals surface area (Å²) in [6, 6.07) is 8.94. The average Bonchev–Trinajstić information content (AvgIpc) is 2.61. The van der Waals surface area contributed by atoms with E-state index in [1.54, 1.807) is 45.4 Å². The average molecular weight is 338 g/mol. The number of methoxy groups -OCH3 is 2. The molecule has 0 bridgehead atoms. The number of fused-ring (bicyclic) bond motifs is 1. The Bertz CT molecular complexity index is 1040. The third-order valence-corrected chi connectivity index (χ3v) is 4.14. The lowest BCUT2D eigenvalue weighted by Gasteiger charge is -2.13. The van der Waals surface area contributed by atoms with E-state index < -0.39 is 5.97 Å². The Morgan fingerprint density at radius 2 is 1.88 bits per heavy atom. The monoisotopic (exact) mass is 338 g/mol. The Hall–Kier alpha value is -3.15. The first-order valence-corrected chi connectivity index (χ1v) is 7.73. The van der Waals surface area contributed by atoms with Gasteiger partial charge in [-0.2, -0.15) is 0 Å². The number of rotatable bonds is 3. The van der Waals surface area contributed by atoms with E-state index in [2.05, 4.69) is 4.98 Å². The van der Waals surface area contributed by atoms with Gasteiger partial charge in [0, 0.05) is 17.6 Å². The standard InChI is InChI=1S/C19H18N2O4/c1-11-16-15(17(12(2)20-11)19(23)25-4)8-9-21(18(16)22)13-6-5-7-14(10-13)24-3/h5-10H,1-4H3. The molecule has 25 heavy (non-hydrogen) atoms. The molecule has 2 aromatic heterocycles. The van der Waals surface area contributed by atoms with Gasteiger partial charge in [0.1, 0.15) is 5.75 Å². The van der Waals surface area contributed by atoms with Gasteiger partial charge in [-0.05, 0) is 32.0 Å². The molecule has 2 heterocycles. The largest absolute Gasteiger partial charge is 0.497 e. The number of aromatic nitrogens is 2. The topological polar surface area (TPSA) is 70.4 Å². The van der Waals surface area contributed by atoms with Crippen molar-refractivity contribution < 1.29 is 14.3 Å². The SMILES string of the molecule is COC(=O)c1c(C)nc(C)c2c(=O)n(-c3cccc(OC)c3)ccc12. The van der Waals surface area contributed by atoms with Crippen molar-refractivity contribution in [2.75, 3.05) is 14.2 Å². The van der Waals surface area contributed by atoms with Crippen molar-refractivity contribution in [3.05, 3.63) is 63.8 Å². The van der Waals surface area contributed by atoms with Gasteiger partial charge in [-0.25, -0.2) is 4.79 Å². The second-order valence-electron chi connectivity index (χ2n) is 5.63. The summed E-state index contributed by atoms with van der Waals surface area (Å²) in [5, 5.41) is 0.942. The molecule has 128 valence electrons. The fraction of sp³-hybridized carbons (Fsp3) is 0.211. The minimum atomic E-state index is -0.506. The maximum absolute atomic E-state index is 13.1. The van der Waals surface area contributed by atoms with Crippen molar-refractivity contribution in [3.8, 4) is 11.4 Å². The van der Waals surface area contributed by atoms with Crippen LogP contribution in [0.1, 0.15) is 21.7 Å². The zero-order valence-corrected chi connectivity index (χ0v) is 14.5. The van der Waals surface area contributed by atoms with Crippen molar-refractivity contribution in [3.63, 3.8) is 0 Å². The molecule has 0 aliphatic heterocycles. The molecule has 0 aliphatic carbocycles. The highest BCUT2D eigenvalue weighted by Gasteiger charge is 2.19. The number of nitrogens with zero attached hydrogens (tertiary/aromatic N) is 2. The van der Waals surface area contributed by atoms with Crippen LogP contribution in [-0.4, -0.2) is 29.7 Å². The van der Waals surface area contributed by atoms with E-state index in [1.807, 2.05) is 12.1 Å². The van der Waals surface area contributed by atoms with Crippen molar-refractivity contribution in [1.82, 2.24) is 9.55 Å². The summed E-state index contributed by atoms with van der Waals surface area (Å²) < 4.78 is 11.6. The first-order valence-electron chi connectivity index (χ1n) is 7.73. The summed E-state index contributed by atoms with van der Waals surface area (Å²) in [5.74, 6) is 0.145. The second-order valence-corrected chi connectivity index (χ2v) is 5.63. The molecule has 0 radical (unpaired) electrons. The van der Waals surface area contributed by atoms with Gasteiger partial charge in [-0.1, -0.05) is 6.07 Å². The van der Waals surface area contributed by atoms with Gasteiger partial charge in [0.05, 0.1) is 42.2 Å². The molecule has 3 aromatic rings. The van der Waals surface area contributed by atoms with E-state index in [9.17, 15) is 9.59 Å².